The molecule has 3 rings (SSSR count). The lowest BCUT2D eigenvalue weighted by Gasteiger charge is -2.30. The minimum atomic E-state index is -3.39. The number of rotatable bonds is 6. The number of hydrogen-bond acceptors (Lipinski definition) is 5. The zero-order valence-electron chi connectivity index (χ0n) is 13.2. The third kappa shape index (κ3) is 4.05. The second kappa shape index (κ2) is 7.77. The highest BCUT2D eigenvalue weighted by Gasteiger charge is 2.32. The zero-order chi connectivity index (χ0) is 17.0. The Morgan fingerprint density at radius 1 is 1.17 bits per heavy atom. The molecule has 2 aromatic rings. The van der Waals surface area contributed by atoms with E-state index < -0.39 is 10.0 Å². The number of carbonyl (C=O) groups is 1. The minimum absolute atomic E-state index is 0.0414. The van der Waals surface area contributed by atoms with Gasteiger partial charge in [0.25, 0.3) is 10.0 Å². The van der Waals surface area contributed by atoms with Crippen LogP contribution in [0.25, 0.3) is 0 Å². The molecule has 24 heavy (non-hydrogen) atoms. The Kier molecular flexibility index (Phi) is 5.70. The maximum absolute atomic E-state index is 12.5. The first-order valence-electron chi connectivity index (χ1n) is 7.91. The number of amides is 1. The van der Waals surface area contributed by atoms with Gasteiger partial charge in [0.05, 0.1) is 0 Å². The molecular formula is C16H20N2O3S3. The van der Waals surface area contributed by atoms with Crippen molar-refractivity contribution < 1.29 is 13.2 Å². The van der Waals surface area contributed by atoms with Crippen molar-refractivity contribution in [2.75, 3.05) is 19.6 Å². The van der Waals surface area contributed by atoms with E-state index in [1.54, 1.807) is 28.8 Å². The standard InChI is InChI=1S/C16H20N2O3S3/c19-16(17-8-5-14-3-1-11-22-14)13-6-9-18(10-7-13)24(20,21)15-4-2-12-23-15/h1-4,11-13H,5-10H2,(H,17,19). The molecule has 0 bridgehead atoms. The van der Waals surface area contributed by atoms with Crippen molar-refractivity contribution in [1.82, 2.24) is 9.62 Å². The monoisotopic (exact) mass is 384 g/mol. The summed E-state index contributed by atoms with van der Waals surface area (Å²) in [6, 6.07) is 7.44. The topological polar surface area (TPSA) is 66.5 Å². The van der Waals surface area contributed by atoms with Crippen LogP contribution in [-0.2, 0) is 21.2 Å². The van der Waals surface area contributed by atoms with E-state index in [0.717, 1.165) is 6.42 Å². The predicted octanol–water partition coefficient (Wildman–Crippen LogP) is 2.57. The summed E-state index contributed by atoms with van der Waals surface area (Å²) in [6.45, 7) is 1.44. The van der Waals surface area contributed by atoms with Crippen LogP contribution in [0.2, 0.25) is 0 Å². The van der Waals surface area contributed by atoms with Gasteiger partial charge in [0, 0.05) is 30.4 Å². The van der Waals surface area contributed by atoms with Crippen molar-refractivity contribution in [3.05, 3.63) is 39.9 Å². The molecular weight excluding hydrogens is 364 g/mol. The molecule has 0 spiro atoms. The zero-order valence-corrected chi connectivity index (χ0v) is 15.6. The van der Waals surface area contributed by atoms with Crippen molar-refractivity contribution in [3.63, 3.8) is 0 Å². The van der Waals surface area contributed by atoms with Gasteiger partial charge in [-0.25, -0.2) is 8.42 Å². The first kappa shape index (κ1) is 17.6. The van der Waals surface area contributed by atoms with Crippen molar-refractivity contribution in [3.8, 4) is 0 Å². The molecule has 0 aromatic carbocycles. The lowest BCUT2D eigenvalue weighted by atomic mass is 9.97. The third-order valence-electron chi connectivity index (χ3n) is 4.16. The van der Waals surface area contributed by atoms with Crippen LogP contribution in [-0.4, -0.2) is 38.3 Å². The molecule has 0 atom stereocenters. The molecule has 1 saturated heterocycles. The summed E-state index contributed by atoms with van der Waals surface area (Å²) in [5.41, 5.74) is 0. The summed E-state index contributed by atoms with van der Waals surface area (Å²) < 4.78 is 26.8. The first-order chi connectivity index (χ1) is 11.6. The smallest absolute Gasteiger partial charge is 0.252 e. The van der Waals surface area contributed by atoms with Gasteiger partial charge in [0.15, 0.2) is 0 Å². The van der Waals surface area contributed by atoms with E-state index in [1.807, 2.05) is 11.4 Å². The fourth-order valence-corrected chi connectivity index (χ4v) is 6.13. The van der Waals surface area contributed by atoms with Gasteiger partial charge in [-0.05, 0) is 42.2 Å². The Balaban J connectivity index is 1.47. The van der Waals surface area contributed by atoms with Crippen molar-refractivity contribution in [2.24, 2.45) is 5.92 Å². The number of piperidine rings is 1. The summed E-state index contributed by atoms with van der Waals surface area (Å²) in [5.74, 6) is -0.0529. The van der Waals surface area contributed by atoms with Gasteiger partial charge in [-0.1, -0.05) is 12.1 Å². The maximum atomic E-state index is 12.5. The van der Waals surface area contributed by atoms with E-state index in [9.17, 15) is 13.2 Å². The summed E-state index contributed by atoms with van der Waals surface area (Å²) in [6.07, 6.45) is 2.00. The predicted molar refractivity (Wildman–Crippen MR) is 96.8 cm³/mol. The fourth-order valence-electron chi connectivity index (χ4n) is 2.80. The van der Waals surface area contributed by atoms with Gasteiger partial charge in [0.1, 0.15) is 4.21 Å². The second-order valence-electron chi connectivity index (χ2n) is 5.73. The molecule has 0 radical (unpaired) electrons. The Morgan fingerprint density at radius 3 is 2.50 bits per heavy atom. The van der Waals surface area contributed by atoms with Gasteiger partial charge in [-0.15, -0.1) is 22.7 Å². The van der Waals surface area contributed by atoms with Gasteiger partial charge in [-0.3, -0.25) is 4.79 Å². The molecule has 8 heteroatoms. The number of nitrogens with one attached hydrogen (secondary N) is 1. The van der Waals surface area contributed by atoms with Gasteiger partial charge < -0.3 is 5.32 Å². The first-order valence-corrected chi connectivity index (χ1v) is 11.1. The Labute approximate surface area is 150 Å². The summed E-state index contributed by atoms with van der Waals surface area (Å²) in [7, 11) is -3.39. The van der Waals surface area contributed by atoms with Gasteiger partial charge in [0.2, 0.25) is 5.91 Å². The van der Waals surface area contributed by atoms with Crippen molar-refractivity contribution in [1.29, 1.82) is 0 Å². The lowest BCUT2D eigenvalue weighted by molar-refractivity contribution is -0.126. The third-order valence-corrected chi connectivity index (χ3v) is 8.37. The number of nitrogens with zero attached hydrogens (tertiary/aromatic N) is 1. The molecule has 3 heterocycles. The number of carbonyl (C=O) groups excluding carboxylic acids is 1. The largest absolute Gasteiger partial charge is 0.355 e. The fraction of sp³-hybridized carbons (Fsp3) is 0.438. The molecule has 0 unspecified atom stereocenters. The molecule has 2 aromatic heterocycles. The highest BCUT2D eigenvalue weighted by molar-refractivity contribution is 7.91. The van der Waals surface area contributed by atoms with E-state index in [0.29, 0.717) is 36.7 Å². The van der Waals surface area contributed by atoms with Gasteiger partial charge >= 0.3 is 0 Å². The summed E-state index contributed by atoms with van der Waals surface area (Å²) in [4.78, 5) is 13.5. The average molecular weight is 385 g/mol. The van der Waals surface area contributed by atoms with Gasteiger partial charge in [-0.2, -0.15) is 4.31 Å². The number of hydrogen-bond donors (Lipinski definition) is 1. The Bertz CT molecular complexity index is 747. The van der Waals surface area contributed by atoms with Crippen LogP contribution in [0, 0.1) is 5.92 Å². The van der Waals surface area contributed by atoms with Crippen LogP contribution < -0.4 is 5.32 Å². The molecule has 0 aliphatic carbocycles. The molecule has 1 fully saturated rings. The Hall–Kier alpha value is -1.22. The van der Waals surface area contributed by atoms with Crippen molar-refractivity contribution in [2.45, 2.75) is 23.5 Å². The molecule has 1 aliphatic rings. The maximum Gasteiger partial charge on any atom is 0.252 e. The normalized spacial score (nSPS) is 17.0. The van der Waals surface area contributed by atoms with E-state index in [1.165, 1.54) is 20.5 Å². The van der Waals surface area contributed by atoms with E-state index in [2.05, 4.69) is 11.4 Å². The molecule has 5 nitrogen and oxygen atoms in total. The van der Waals surface area contributed by atoms with E-state index in [4.69, 9.17) is 0 Å². The van der Waals surface area contributed by atoms with Crippen LogP contribution in [0.5, 0.6) is 0 Å². The van der Waals surface area contributed by atoms with Crippen LogP contribution in [0.15, 0.2) is 39.2 Å². The molecule has 0 saturated carbocycles. The summed E-state index contributed by atoms with van der Waals surface area (Å²) in [5, 5.41) is 6.77. The van der Waals surface area contributed by atoms with Crippen LogP contribution >= 0.6 is 22.7 Å². The van der Waals surface area contributed by atoms with Crippen molar-refractivity contribution >= 4 is 38.6 Å². The molecule has 1 amide bonds. The minimum Gasteiger partial charge on any atom is -0.355 e. The lowest BCUT2D eigenvalue weighted by Crippen LogP contribution is -2.43. The van der Waals surface area contributed by atoms with Crippen LogP contribution in [0.1, 0.15) is 17.7 Å². The molecule has 1 N–H and O–H groups in total. The molecule has 130 valence electrons. The SMILES string of the molecule is O=C(NCCc1cccs1)C1CCN(S(=O)(=O)c2cccs2)CC1. The Morgan fingerprint density at radius 2 is 1.88 bits per heavy atom. The second-order valence-corrected chi connectivity index (χ2v) is 9.88. The van der Waals surface area contributed by atoms with E-state index in [-0.39, 0.29) is 11.8 Å². The molecule has 1 aliphatic heterocycles. The number of sulfonamides is 1. The summed E-state index contributed by atoms with van der Waals surface area (Å²) >= 11 is 2.92. The van der Waals surface area contributed by atoms with Crippen LogP contribution in [0.4, 0.5) is 0 Å². The highest BCUT2D eigenvalue weighted by Crippen LogP contribution is 2.26. The van der Waals surface area contributed by atoms with E-state index >= 15 is 0 Å². The van der Waals surface area contributed by atoms with Crippen LogP contribution in [0.3, 0.4) is 0 Å². The number of thiophene rings is 2. The average Bonchev–Trinajstić information content (AvgIpc) is 3.29. The highest BCUT2D eigenvalue weighted by atomic mass is 32.2. The quantitative estimate of drug-likeness (QED) is 0.832.